The zero-order valence-electron chi connectivity index (χ0n) is 9.65. The lowest BCUT2D eigenvalue weighted by Crippen LogP contribution is -2.36. The van der Waals surface area contributed by atoms with Gasteiger partial charge < -0.3 is 4.90 Å². The van der Waals surface area contributed by atoms with Crippen molar-refractivity contribution in [1.82, 2.24) is 14.5 Å². The van der Waals surface area contributed by atoms with Crippen molar-refractivity contribution in [2.24, 2.45) is 4.99 Å². The highest BCUT2D eigenvalue weighted by molar-refractivity contribution is 5.77. The summed E-state index contributed by atoms with van der Waals surface area (Å²) in [5.41, 5.74) is -1.27. The number of allylic oxidation sites excluding steroid dienone is 2. The lowest BCUT2D eigenvalue weighted by atomic mass is 10.2. The monoisotopic (exact) mass is 260 g/mol. The highest BCUT2D eigenvalue weighted by Gasteiger charge is 2.25. The molecule has 0 saturated carbocycles. The van der Waals surface area contributed by atoms with Crippen molar-refractivity contribution < 1.29 is 4.39 Å². The van der Waals surface area contributed by atoms with Crippen LogP contribution < -0.4 is 11.2 Å². The maximum atomic E-state index is 14.3. The summed E-state index contributed by atoms with van der Waals surface area (Å²) in [4.78, 5) is 30.0. The van der Waals surface area contributed by atoms with E-state index in [0.717, 1.165) is 10.6 Å². The first-order valence-electron chi connectivity index (χ1n) is 5.56. The van der Waals surface area contributed by atoms with Gasteiger partial charge in [0.2, 0.25) is 5.95 Å². The van der Waals surface area contributed by atoms with Gasteiger partial charge in [0, 0.05) is 24.7 Å². The molecule has 1 atom stereocenters. The summed E-state index contributed by atoms with van der Waals surface area (Å²) < 4.78 is 15.3. The lowest BCUT2D eigenvalue weighted by molar-refractivity contribution is 0.343. The van der Waals surface area contributed by atoms with Crippen molar-refractivity contribution in [3.8, 4) is 0 Å². The molecule has 96 valence electrons. The van der Waals surface area contributed by atoms with Gasteiger partial charge in [-0.3, -0.25) is 9.78 Å². The minimum absolute atomic E-state index is 0.155. The van der Waals surface area contributed by atoms with E-state index in [1.54, 1.807) is 24.4 Å². The Morgan fingerprint density at radius 3 is 2.95 bits per heavy atom. The van der Waals surface area contributed by atoms with Gasteiger partial charge >= 0.3 is 5.69 Å². The number of halogens is 1. The van der Waals surface area contributed by atoms with Gasteiger partial charge in [0.15, 0.2) is 5.82 Å². The Morgan fingerprint density at radius 1 is 1.32 bits per heavy atom. The standard InChI is InChI=1S/C12H9FN4O2/c13-10-11(17-6-4-9(18)15-12(17)19)14-7-8-3-1-2-5-16(8)10/h1-8H,(H,15,18,19). The number of aliphatic imine (C=N–C) groups is 1. The first-order chi connectivity index (χ1) is 9.16. The minimum atomic E-state index is -0.732. The third-order valence-corrected chi connectivity index (χ3v) is 2.80. The molecule has 3 rings (SSSR count). The molecule has 6 nitrogen and oxygen atoms in total. The molecule has 19 heavy (non-hydrogen) atoms. The molecule has 0 spiro atoms. The lowest BCUT2D eigenvalue weighted by Gasteiger charge is -2.29. The van der Waals surface area contributed by atoms with Crippen LogP contribution in [-0.2, 0) is 0 Å². The van der Waals surface area contributed by atoms with Crippen molar-refractivity contribution in [2.75, 3.05) is 0 Å². The van der Waals surface area contributed by atoms with Crippen molar-refractivity contribution >= 4 is 12.0 Å². The van der Waals surface area contributed by atoms with Gasteiger partial charge in [-0.1, -0.05) is 12.2 Å². The van der Waals surface area contributed by atoms with E-state index in [2.05, 4.69) is 9.98 Å². The highest BCUT2D eigenvalue weighted by Crippen LogP contribution is 2.25. The Bertz CT molecular complexity index is 753. The predicted molar refractivity (Wildman–Crippen MR) is 68.0 cm³/mol. The molecule has 2 aliphatic rings. The number of nitrogens with zero attached hydrogens (tertiary/aromatic N) is 3. The number of rotatable bonds is 1. The Balaban J connectivity index is 2.13. The summed E-state index contributed by atoms with van der Waals surface area (Å²) in [5.74, 6) is -0.806. The molecule has 0 fully saturated rings. The van der Waals surface area contributed by atoms with Crippen LogP contribution in [0.2, 0.25) is 0 Å². The van der Waals surface area contributed by atoms with Crippen LogP contribution in [0, 0.1) is 0 Å². The number of hydrogen-bond donors (Lipinski definition) is 1. The normalized spacial score (nSPS) is 20.9. The summed E-state index contributed by atoms with van der Waals surface area (Å²) in [6, 6.07) is 0.835. The summed E-state index contributed by atoms with van der Waals surface area (Å²) in [6.45, 7) is 0. The average Bonchev–Trinajstić information content (AvgIpc) is 2.41. The van der Waals surface area contributed by atoms with Crippen LogP contribution in [0.25, 0.3) is 5.82 Å². The second kappa shape index (κ2) is 4.20. The summed E-state index contributed by atoms with van der Waals surface area (Å²) in [5, 5.41) is 0. The number of aromatic amines is 1. The average molecular weight is 260 g/mol. The van der Waals surface area contributed by atoms with Crippen LogP contribution >= 0.6 is 0 Å². The van der Waals surface area contributed by atoms with Gasteiger partial charge in [0.25, 0.3) is 5.56 Å². The molecule has 0 aromatic carbocycles. The molecule has 0 amide bonds. The SMILES string of the molecule is O=c1ccn(C2=C(F)N3C=CC=CC3C=N2)c(=O)[nH]1. The van der Waals surface area contributed by atoms with Gasteiger partial charge in [0.05, 0.1) is 6.04 Å². The van der Waals surface area contributed by atoms with E-state index in [4.69, 9.17) is 0 Å². The largest absolute Gasteiger partial charge is 0.334 e. The quantitative estimate of drug-likeness (QED) is 0.744. The Morgan fingerprint density at radius 2 is 2.16 bits per heavy atom. The van der Waals surface area contributed by atoms with E-state index in [1.807, 2.05) is 0 Å². The maximum absolute atomic E-state index is 14.3. The maximum Gasteiger partial charge on any atom is 0.334 e. The number of nitrogens with one attached hydrogen (secondary N) is 1. The highest BCUT2D eigenvalue weighted by atomic mass is 19.1. The van der Waals surface area contributed by atoms with E-state index < -0.39 is 17.2 Å². The van der Waals surface area contributed by atoms with Gasteiger partial charge in [-0.15, -0.1) is 0 Å². The zero-order chi connectivity index (χ0) is 13.4. The van der Waals surface area contributed by atoms with Gasteiger partial charge in [-0.2, -0.15) is 4.39 Å². The number of hydrogen-bond acceptors (Lipinski definition) is 4. The van der Waals surface area contributed by atoms with E-state index in [-0.39, 0.29) is 11.9 Å². The summed E-state index contributed by atoms with van der Waals surface area (Å²) >= 11 is 0. The van der Waals surface area contributed by atoms with E-state index in [9.17, 15) is 14.0 Å². The third-order valence-electron chi connectivity index (χ3n) is 2.80. The second-order valence-corrected chi connectivity index (χ2v) is 4.00. The van der Waals surface area contributed by atoms with Gasteiger partial charge in [0.1, 0.15) is 0 Å². The molecule has 1 aromatic heterocycles. The third kappa shape index (κ3) is 1.85. The molecule has 1 N–H and O–H groups in total. The Labute approximate surface area is 106 Å². The fourth-order valence-corrected chi connectivity index (χ4v) is 1.89. The van der Waals surface area contributed by atoms with Crippen molar-refractivity contribution in [1.29, 1.82) is 0 Å². The molecule has 7 heteroatoms. The van der Waals surface area contributed by atoms with Crippen LogP contribution in [-0.4, -0.2) is 26.7 Å². The van der Waals surface area contributed by atoms with E-state index in [0.29, 0.717) is 0 Å². The summed E-state index contributed by atoms with van der Waals surface area (Å²) in [7, 11) is 0. The molecular formula is C12H9FN4O2. The second-order valence-electron chi connectivity index (χ2n) is 4.00. The molecule has 0 saturated heterocycles. The molecule has 2 aliphatic heterocycles. The molecular weight excluding hydrogens is 251 g/mol. The molecule has 3 heterocycles. The molecule has 1 unspecified atom stereocenters. The van der Waals surface area contributed by atoms with Gasteiger partial charge in [-0.25, -0.2) is 14.4 Å². The zero-order valence-corrected chi connectivity index (χ0v) is 9.65. The molecule has 0 aliphatic carbocycles. The van der Waals surface area contributed by atoms with Crippen LogP contribution in [0.4, 0.5) is 4.39 Å². The van der Waals surface area contributed by atoms with Crippen LogP contribution in [0.5, 0.6) is 0 Å². The van der Waals surface area contributed by atoms with Crippen molar-refractivity contribution in [2.45, 2.75) is 6.04 Å². The Hall–Kier alpha value is -2.70. The Kier molecular flexibility index (Phi) is 2.52. The van der Waals surface area contributed by atoms with Gasteiger partial charge in [-0.05, 0) is 6.08 Å². The number of H-pyrrole nitrogens is 1. The number of aromatic nitrogens is 2. The smallest absolute Gasteiger partial charge is 0.310 e. The predicted octanol–water partition coefficient (Wildman–Crippen LogP) is 0.428. The van der Waals surface area contributed by atoms with Crippen molar-refractivity contribution in [3.63, 3.8) is 0 Å². The fraction of sp³-hybridized carbons (Fsp3) is 0.0833. The van der Waals surface area contributed by atoms with E-state index >= 15 is 0 Å². The first kappa shape index (κ1) is 11.4. The number of fused-ring (bicyclic) bond motifs is 1. The van der Waals surface area contributed by atoms with Crippen LogP contribution in [0.3, 0.4) is 0 Å². The molecule has 0 bridgehead atoms. The van der Waals surface area contributed by atoms with Crippen LogP contribution in [0.15, 0.2) is 57.2 Å². The van der Waals surface area contributed by atoms with Crippen LogP contribution in [0.1, 0.15) is 0 Å². The topological polar surface area (TPSA) is 70.5 Å². The van der Waals surface area contributed by atoms with Crippen molar-refractivity contribution in [3.05, 3.63) is 63.5 Å². The first-order valence-corrected chi connectivity index (χ1v) is 5.56. The van der Waals surface area contributed by atoms with E-state index in [1.165, 1.54) is 17.3 Å². The molecule has 0 radical (unpaired) electrons. The summed E-state index contributed by atoms with van der Waals surface area (Å²) in [6.07, 6.45) is 9.52. The fourth-order valence-electron chi connectivity index (χ4n) is 1.89. The molecule has 1 aromatic rings. The minimum Gasteiger partial charge on any atom is -0.310 e.